The summed E-state index contributed by atoms with van der Waals surface area (Å²) in [6, 6.07) is 0. The molecule has 0 aliphatic rings. The van der Waals surface area contributed by atoms with Crippen molar-refractivity contribution in [3.05, 3.63) is 60.8 Å². The maximum absolute atomic E-state index is 12.8. The Morgan fingerprint density at radius 3 is 1.12 bits per heavy atom. The van der Waals surface area contributed by atoms with Gasteiger partial charge in [-0.25, -0.2) is 0 Å². The number of allylic oxidation sites excluding steroid dienone is 10. The largest absolute Gasteiger partial charge is 0.462 e. The van der Waals surface area contributed by atoms with Crippen LogP contribution in [0, 0.1) is 0 Å². The Kier molecular flexibility index (Phi) is 44.5. The number of hydrogen-bond donors (Lipinski definition) is 0. The molecule has 6 heteroatoms. The second kappa shape index (κ2) is 46.8. The molecule has 0 saturated carbocycles. The third-order valence-corrected chi connectivity index (χ3v) is 10.3. The van der Waals surface area contributed by atoms with Gasteiger partial charge >= 0.3 is 17.9 Å². The van der Waals surface area contributed by atoms with Crippen LogP contribution in [-0.4, -0.2) is 37.2 Å². The summed E-state index contributed by atoms with van der Waals surface area (Å²) < 4.78 is 16.7. The first-order chi connectivity index (χ1) is 28.5. The molecule has 334 valence electrons. The number of esters is 3. The Hall–Kier alpha value is -2.89. The quantitative estimate of drug-likeness (QED) is 0.0264. The van der Waals surface area contributed by atoms with Gasteiger partial charge in [-0.3, -0.25) is 14.4 Å². The van der Waals surface area contributed by atoms with Crippen LogP contribution in [-0.2, 0) is 28.6 Å². The highest BCUT2D eigenvalue weighted by atomic mass is 16.6. The number of hydrogen-bond acceptors (Lipinski definition) is 6. The molecule has 1 atom stereocenters. The van der Waals surface area contributed by atoms with E-state index in [0.717, 1.165) is 103 Å². The number of ether oxygens (including phenoxy) is 3. The summed E-state index contributed by atoms with van der Waals surface area (Å²) in [5, 5.41) is 0. The zero-order chi connectivity index (χ0) is 42.3. The molecular weight excluding hydrogens is 721 g/mol. The van der Waals surface area contributed by atoms with Crippen LogP contribution in [0.5, 0.6) is 0 Å². The van der Waals surface area contributed by atoms with E-state index in [1.807, 2.05) is 0 Å². The minimum absolute atomic E-state index is 0.0854. The Balaban J connectivity index is 4.42. The molecule has 0 radical (unpaired) electrons. The highest BCUT2D eigenvalue weighted by molar-refractivity contribution is 5.71. The van der Waals surface area contributed by atoms with Gasteiger partial charge in [0.2, 0.25) is 0 Å². The molecule has 0 amide bonds. The van der Waals surface area contributed by atoms with E-state index in [1.54, 1.807) is 0 Å². The maximum Gasteiger partial charge on any atom is 0.306 e. The first kappa shape index (κ1) is 55.1. The van der Waals surface area contributed by atoms with Crippen molar-refractivity contribution >= 4 is 17.9 Å². The van der Waals surface area contributed by atoms with E-state index in [-0.39, 0.29) is 31.1 Å². The fourth-order valence-corrected chi connectivity index (χ4v) is 6.59. The molecule has 6 nitrogen and oxygen atoms in total. The normalized spacial score (nSPS) is 12.5. The lowest BCUT2D eigenvalue weighted by Gasteiger charge is -2.18. The summed E-state index contributed by atoms with van der Waals surface area (Å²) in [5.74, 6) is -0.919. The predicted octanol–water partition coefficient (Wildman–Crippen LogP) is 15.7. The van der Waals surface area contributed by atoms with Crippen LogP contribution in [0.25, 0.3) is 0 Å². The lowest BCUT2D eigenvalue weighted by molar-refractivity contribution is -0.167. The second-order valence-corrected chi connectivity index (χ2v) is 16.0. The topological polar surface area (TPSA) is 78.9 Å². The molecule has 0 spiro atoms. The van der Waals surface area contributed by atoms with Crippen LogP contribution in [0.1, 0.15) is 233 Å². The van der Waals surface area contributed by atoms with E-state index < -0.39 is 6.10 Å². The molecule has 0 N–H and O–H groups in total. The van der Waals surface area contributed by atoms with Gasteiger partial charge in [0, 0.05) is 19.3 Å². The monoisotopic (exact) mass is 811 g/mol. The lowest BCUT2D eigenvalue weighted by Crippen LogP contribution is -2.30. The van der Waals surface area contributed by atoms with Gasteiger partial charge in [-0.1, -0.05) is 197 Å². The van der Waals surface area contributed by atoms with Crippen LogP contribution in [0.3, 0.4) is 0 Å². The van der Waals surface area contributed by atoms with Crippen LogP contribution in [0.4, 0.5) is 0 Å². The molecule has 0 aromatic carbocycles. The molecule has 0 rings (SSSR count). The Morgan fingerprint density at radius 1 is 0.362 bits per heavy atom. The molecule has 0 aliphatic heterocycles. The fraction of sp³-hybridized carbons (Fsp3) is 0.750. The molecule has 0 aromatic rings. The summed E-state index contributed by atoms with van der Waals surface area (Å²) in [6.07, 6.45) is 56.3. The van der Waals surface area contributed by atoms with Crippen molar-refractivity contribution in [2.45, 2.75) is 239 Å². The predicted molar refractivity (Wildman–Crippen MR) is 247 cm³/mol. The minimum atomic E-state index is -0.786. The third-order valence-electron chi connectivity index (χ3n) is 10.3. The SMILES string of the molecule is CC/C=C\C/C=C\C/C=C\C/C=C\CCCCCCC(=O)O[C@H](COC(=O)CCCCCCC/C=C\CCCC)COC(=O)CCCCCCCCCCCCCC. The fourth-order valence-electron chi connectivity index (χ4n) is 6.59. The van der Waals surface area contributed by atoms with Gasteiger partial charge in [-0.15, -0.1) is 0 Å². The number of unbranched alkanes of at least 4 members (excludes halogenated alkanes) is 22. The van der Waals surface area contributed by atoms with E-state index in [1.165, 1.54) is 89.9 Å². The van der Waals surface area contributed by atoms with Crippen molar-refractivity contribution in [3.63, 3.8) is 0 Å². The van der Waals surface area contributed by atoms with Gasteiger partial charge in [-0.05, 0) is 77.0 Å². The Bertz CT molecular complexity index is 1070. The number of carbonyl (C=O) groups is 3. The zero-order valence-electron chi connectivity index (χ0n) is 38.0. The van der Waals surface area contributed by atoms with Gasteiger partial charge in [0.25, 0.3) is 0 Å². The van der Waals surface area contributed by atoms with E-state index in [2.05, 4.69) is 81.5 Å². The molecular formula is C52H90O6. The first-order valence-corrected chi connectivity index (χ1v) is 24.3. The molecule has 0 aliphatic carbocycles. The van der Waals surface area contributed by atoms with Crippen LogP contribution >= 0.6 is 0 Å². The molecule has 0 aromatic heterocycles. The summed E-state index contributed by atoms with van der Waals surface area (Å²) in [7, 11) is 0. The maximum atomic E-state index is 12.8. The molecule has 0 bridgehead atoms. The second-order valence-electron chi connectivity index (χ2n) is 16.0. The Labute approximate surface area is 358 Å². The minimum Gasteiger partial charge on any atom is -0.462 e. The molecule has 0 unspecified atom stereocenters. The van der Waals surface area contributed by atoms with Gasteiger partial charge < -0.3 is 14.2 Å². The lowest BCUT2D eigenvalue weighted by atomic mass is 10.0. The average Bonchev–Trinajstić information content (AvgIpc) is 3.22. The van der Waals surface area contributed by atoms with Crippen molar-refractivity contribution in [2.75, 3.05) is 13.2 Å². The summed E-state index contributed by atoms with van der Waals surface area (Å²) >= 11 is 0. The summed E-state index contributed by atoms with van der Waals surface area (Å²) in [5.41, 5.74) is 0. The summed E-state index contributed by atoms with van der Waals surface area (Å²) in [4.78, 5) is 37.8. The first-order valence-electron chi connectivity index (χ1n) is 24.3. The van der Waals surface area contributed by atoms with Crippen molar-refractivity contribution in [1.82, 2.24) is 0 Å². The van der Waals surface area contributed by atoms with Crippen molar-refractivity contribution < 1.29 is 28.6 Å². The third kappa shape index (κ3) is 44.2. The van der Waals surface area contributed by atoms with E-state index in [0.29, 0.717) is 19.3 Å². The van der Waals surface area contributed by atoms with Gasteiger partial charge in [-0.2, -0.15) is 0 Å². The van der Waals surface area contributed by atoms with Crippen LogP contribution in [0.2, 0.25) is 0 Å². The highest BCUT2D eigenvalue weighted by Gasteiger charge is 2.19. The molecule has 0 fully saturated rings. The smallest absolute Gasteiger partial charge is 0.306 e. The van der Waals surface area contributed by atoms with E-state index in [4.69, 9.17) is 14.2 Å². The molecule has 58 heavy (non-hydrogen) atoms. The highest BCUT2D eigenvalue weighted by Crippen LogP contribution is 2.14. The number of rotatable bonds is 43. The van der Waals surface area contributed by atoms with Gasteiger partial charge in [0.05, 0.1) is 0 Å². The van der Waals surface area contributed by atoms with Crippen molar-refractivity contribution in [1.29, 1.82) is 0 Å². The van der Waals surface area contributed by atoms with Gasteiger partial charge in [0.1, 0.15) is 13.2 Å². The van der Waals surface area contributed by atoms with Gasteiger partial charge in [0.15, 0.2) is 6.10 Å². The van der Waals surface area contributed by atoms with E-state index >= 15 is 0 Å². The zero-order valence-corrected chi connectivity index (χ0v) is 38.0. The number of carbonyl (C=O) groups excluding carboxylic acids is 3. The molecule has 0 saturated heterocycles. The van der Waals surface area contributed by atoms with E-state index in [9.17, 15) is 14.4 Å². The standard InChI is InChI=1S/C52H90O6/c1-4-7-10-13-16-19-22-24-25-26-27-28-31-34-37-40-43-46-52(55)58-49(47-56-50(53)44-41-38-35-32-29-21-18-15-12-9-6-3)48-57-51(54)45-42-39-36-33-30-23-20-17-14-11-8-5-2/h7,10,15-16,18-19,24-25,27-28,49H,4-6,8-9,11-14,17,20-23,26,29-48H2,1-3H3/b10-7-,18-15-,19-16-,25-24-,28-27-/t49-/m1/s1. The average molecular weight is 811 g/mol. The van der Waals surface area contributed by atoms with Crippen LogP contribution < -0.4 is 0 Å². The Morgan fingerprint density at radius 2 is 0.690 bits per heavy atom. The van der Waals surface area contributed by atoms with Crippen molar-refractivity contribution in [3.8, 4) is 0 Å². The molecule has 0 heterocycles. The van der Waals surface area contributed by atoms with Crippen LogP contribution in [0.15, 0.2) is 60.8 Å². The van der Waals surface area contributed by atoms with Crippen molar-refractivity contribution in [2.24, 2.45) is 0 Å². The summed E-state index contributed by atoms with van der Waals surface area (Å²) in [6.45, 7) is 6.45.